The van der Waals surface area contributed by atoms with E-state index in [2.05, 4.69) is 31.4 Å². The number of morpholine rings is 1. The number of aromatic hydroxyl groups is 1. The molecule has 4 aliphatic carbocycles. The molecule has 0 bridgehead atoms. The van der Waals surface area contributed by atoms with E-state index in [1.54, 1.807) is 6.07 Å². The van der Waals surface area contributed by atoms with E-state index in [0.717, 1.165) is 13.2 Å². The Bertz CT molecular complexity index is 2610. The molecule has 48 heavy (non-hydrogen) atoms. The van der Waals surface area contributed by atoms with Crippen LogP contribution >= 0.6 is 15.9 Å². The standard InChI is InChI=1S/C32H25BrN4O11/c1-47-16-8-15(38)20-21(25(16)40)27(42)23-22(26(20)41)29(44)32(30(23)45)3-2-12-6-13-7-14(35-31(46)19(13)28(43)24(12)32)9-34-36-18(39)10-37-4-5-48-11-17(37)33/h6-9,17,43-45H,2-5,10-11H2,1H3,(H,35,46)(H,36,39)/t17?,32-/m0/s1. The zero-order valence-corrected chi connectivity index (χ0v) is 26.6. The number of ether oxygens (including phenoxy) is 2. The third-order valence-electron chi connectivity index (χ3n) is 9.19. The van der Waals surface area contributed by atoms with Crippen LogP contribution in [0.4, 0.5) is 0 Å². The molecule has 2 heterocycles. The number of carbonyl (C=O) groups excluding carboxylic acids is 1. The lowest BCUT2D eigenvalue weighted by Gasteiger charge is -2.30. The number of hydrazone groups is 1. The van der Waals surface area contributed by atoms with Gasteiger partial charge in [-0.1, -0.05) is 22.0 Å². The van der Waals surface area contributed by atoms with E-state index in [4.69, 9.17) is 9.47 Å². The normalized spacial score (nSPS) is 20.7. The number of carbonyl (C=O) groups is 1. The maximum absolute atomic E-state index is 13.6. The summed E-state index contributed by atoms with van der Waals surface area (Å²) in [5.41, 5.74) is -4.18. The number of halogens is 1. The van der Waals surface area contributed by atoms with E-state index in [1.807, 2.05) is 4.90 Å². The second kappa shape index (κ2) is 11.2. The van der Waals surface area contributed by atoms with Crippen molar-refractivity contribution in [3.05, 3.63) is 107 Å². The van der Waals surface area contributed by atoms with Crippen LogP contribution in [0.1, 0.15) is 23.2 Å². The predicted octanol–water partition coefficient (Wildman–Crippen LogP) is -1.98. The van der Waals surface area contributed by atoms with Crippen molar-refractivity contribution in [3.63, 3.8) is 0 Å². The van der Waals surface area contributed by atoms with Gasteiger partial charge in [-0.2, -0.15) is 5.10 Å². The molecule has 1 fully saturated rings. The van der Waals surface area contributed by atoms with Gasteiger partial charge in [0, 0.05) is 18.2 Å². The molecule has 16 heteroatoms. The summed E-state index contributed by atoms with van der Waals surface area (Å²) in [4.78, 5) is 83.0. The minimum Gasteiger partial charge on any atom is -0.510 e. The number of benzene rings is 1. The van der Waals surface area contributed by atoms with E-state index >= 15 is 0 Å². The highest BCUT2D eigenvalue weighted by Gasteiger charge is 2.53. The number of hydrogen-bond acceptors (Lipinski definition) is 13. The number of aromatic amines is 1. The number of aliphatic hydroxyl groups is 2. The Morgan fingerprint density at radius 2 is 1.79 bits per heavy atom. The lowest BCUT2D eigenvalue weighted by Crippen LogP contribution is -2.51. The molecule has 246 valence electrons. The molecule has 1 aromatic carbocycles. The van der Waals surface area contributed by atoms with Crippen molar-refractivity contribution in [2.45, 2.75) is 23.2 Å². The number of aryl methyl sites for hydroxylation is 1. The maximum atomic E-state index is 13.6. The molecule has 5 aliphatic rings. The summed E-state index contributed by atoms with van der Waals surface area (Å²) in [6, 6.07) is 3.84. The average molecular weight is 721 g/mol. The molecule has 1 amide bonds. The van der Waals surface area contributed by atoms with Crippen LogP contribution in [0.5, 0.6) is 11.5 Å². The van der Waals surface area contributed by atoms with Crippen molar-refractivity contribution in [1.82, 2.24) is 15.3 Å². The summed E-state index contributed by atoms with van der Waals surface area (Å²) in [5, 5.41) is 35.8. The molecule has 1 aromatic heterocycles. The monoisotopic (exact) mass is 720 g/mol. The quantitative estimate of drug-likeness (QED) is 0.0655. The molecule has 2 aromatic rings. The molecule has 0 saturated carbocycles. The van der Waals surface area contributed by atoms with E-state index in [0.29, 0.717) is 25.3 Å². The van der Waals surface area contributed by atoms with E-state index in [9.17, 15) is 44.1 Å². The third kappa shape index (κ3) is 4.36. The van der Waals surface area contributed by atoms with Gasteiger partial charge in [0.1, 0.15) is 22.7 Å². The van der Waals surface area contributed by atoms with Crippen molar-refractivity contribution < 1.29 is 29.6 Å². The van der Waals surface area contributed by atoms with E-state index in [-0.39, 0.29) is 46.4 Å². The van der Waals surface area contributed by atoms with Gasteiger partial charge in [0.05, 0.1) is 70.0 Å². The number of H-pyrrole nitrogens is 1. The predicted molar refractivity (Wildman–Crippen MR) is 174 cm³/mol. The number of aliphatic hydroxyl groups excluding tert-OH is 2. The smallest absolute Gasteiger partial charge is 0.260 e. The second-order valence-electron chi connectivity index (χ2n) is 11.7. The van der Waals surface area contributed by atoms with Gasteiger partial charge in [0.25, 0.3) is 11.5 Å². The van der Waals surface area contributed by atoms with E-state index < -0.39 is 82.5 Å². The molecule has 7 rings (SSSR count). The summed E-state index contributed by atoms with van der Waals surface area (Å²) < 4.78 is 10.2. The van der Waals surface area contributed by atoms with Gasteiger partial charge in [0.15, 0.2) is 11.2 Å². The number of nitrogens with zero attached hydrogens (tertiary/aromatic N) is 2. The molecular weight excluding hydrogens is 696 g/mol. The fraction of sp³-hybridized carbons (Fsp3) is 0.281. The van der Waals surface area contributed by atoms with Crippen molar-refractivity contribution >= 4 is 50.3 Å². The molecule has 1 spiro atoms. The molecule has 0 radical (unpaired) electrons. The second-order valence-corrected chi connectivity index (χ2v) is 12.8. The highest BCUT2D eigenvalue weighted by Crippen LogP contribution is 2.54. The lowest BCUT2D eigenvalue weighted by molar-refractivity contribution is -0.123. The van der Waals surface area contributed by atoms with Crippen LogP contribution in [-0.4, -0.2) is 75.7 Å². The number of nitrogens with one attached hydrogen (secondary N) is 2. The van der Waals surface area contributed by atoms with Gasteiger partial charge >= 0.3 is 0 Å². The Morgan fingerprint density at radius 1 is 1.08 bits per heavy atom. The summed E-state index contributed by atoms with van der Waals surface area (Å²) in [6.07, 6.45) is 1.23. The van der Waals surface area contributed by atoms with Crippen LogP contribution in [0.3, 0.4) is 0 Å². The Hall–Kier alpha value is -5.19. The first kappa shape index (κ1) is 31.4. The average Bonchev–Trinajstić information content (AvgIpc) is 3.54. The number of methoxy groups -OCH3 is 1. The zero-order valence-electron chi connectivity index (χ0n) is 25.0. The first-order chi connectivity index (χ1) is 22.9. The molecule has 1 aliphatic heterocycles. The molecule has 15 nitrogen and oxygen atoms in total. The molecule has 1 unspecified atom stereocenters. The van der Waals surface area contributed by atoms with Gasteiger partial charge in [0.2, 0.25) is 16.3 Å². The first-order valence-electron chi connectivity index (χ1n) is 14.7. The number of hydrogen-bond donors (Lipinski definition) is 5. The minimum atomic E-state index is -2.01. The van der Waals surface area contributed by atoms with Crippen LogP contribution in [0.25, 0.3) is 22.3 Å². The van der Waals surface area contributed by atoms with Crippen LogP contribution in [0.15, 0.2) is 47.3 Å². The fourth-order valence-electron chi connectivity index (χ4n) is 7.02. The molecular formula is C32H25BrN4O11. The van der Waals surface area contributed by atoms with Crippen LogP contribution in [0, 0.1) is 10.4 Å². The largest absolute Gasteiger partial charge is 0.510 e. The van der Waals surface area contributed by atoms with Crippen LogP contribution < -0.4 is 47.9 Å². The zero-order chi connectivity index (χ0) is 34.2. The van der Waals surface area contributed by atoms with Crippen molar-refractivity contribution in [1.29, 1.82) is 0 Å². The molecule has 5 N–H and O–H groups in total. The summed E-state index contributed by atoms with van der Waals surface area (Å²) in [7, 11) is 1.11. The first-order valence-corrected chi connectivity index (χ1v) is 15.6. The highest BCUT2D eigenvalue weighted by atomic mass is 79.9. The Balaban J connectivity index is 1.33. The topological polar surface area (TPSA) is 225 Å². The van der Waals surface area contributed by atoms with Gasteiger partial charge < -0.3 is 29.8 Å². The van der Waals surface area contributed by atoms with Crippen LogP contribution in [-0.2, 0) is 21.4 Å². The molecule has 1 saturated heterocycles. The molecule has 2 atom stereocenters. The number of phenolic OH excluding ortho intramolecular Hbond substituents is 1. The fourth-order valence-corrected chi connectivity index (χ4v) is 7.55. The summed E-state index contributed by atoms with van der Waals surface area (Å²) in [5.74, 6) is -3.04. The van der Waals surface area contributed by atoms with Crippen molar-refractivity contribution in [3.8, 4) is 11.5 Å². The number of pyridine rings is 1. The number of phenols is 1. The van der Waals surface area contributed by atoms with E-state index in [1.165, 1.54) is 12.3 Å². The van der Waals surface area contributed by atoms with Gasteiger partial charge in [-0.3, -0.25) is 33.7 Å². The van der Waals surface area contributed by atoms with Gasteiger partial charge in [-0.25, -0.2) is 5.43 Å². The van der Waals surface area contributed by atoms with Gasteiger partial charge in [-0.15, -0.1) is 0 Å². The van der Waals surface area contributed by atoms with Crippen molar-refractivity contribution in [2.24, 2.45) is 5.10 Å². The third-order valence-corrected chi connectivity index (χ3v) is 10.0. The lowest BCUT2D eigenvalue weighted by atomic mass is 9.78. The Kier molecular flexibility index (Phi) is 7.34. The number of amides is 1. The number of rotatable bonds is 5. The van der Waals surface area contributed by atoms with Crippen LogP contribution in [0.2, 0.25) is 0 Å². The minimum absolute atomic E-state index is 0.0617. The maximum Gasteiger partial charge on any atom is 0.260 e. The number of alkyl halides is 1. The number of fused-ring (bicyclic) bond motifs is 4. The van der Waals surface area contributed by atoms with Gasteiger partial charge in [-0.05, 0) is 29.9 Å². The summed E-state index contributed by atoms with van der Waals surface area (Å²) in [6.45, 7) is 1.55. The van der Waals surface area contributed by atoms with Crippen molar-refractivity contribution in [2.75, 3.05) is 33.4 Å². The highest BCUT2D eigenvalue weighted by molar-refractivity contribution is 9.09. The number of aromatic nitrogens is 1. The summed E-state index contributed by atoms with van der Waals surface area (Å²) >= 11 is 3.44. The Morgan fingerprint density at radius 3 is 2.48 bits per heavy atom. The Labute approximate surface area is 275 Å². The SMILES string of the molecule is COc1cc(=O)c2c(=O)c3c(c(=O)c=2c1=O)=C(O)[C@]1(CCc2cc4cc(C=NNC(=O)CN5CCOCC5Br)[nH]c(=O)c4c(O)c21)C=3O.